The molecule has 0 atom stereocenters. The second kappa shape index (κ2) is 8.21. The lowest BCUT2D eigenvalue weighted by Crippen LogP contribution is -2.10. The van der Waals surface area contributed by atoms with E-state index in [1.165, 1.54) is 12.4 Å². The van der Waals surface area contributed by atoms with Gasteiger partial charge in [-0.05, 0) is 58.7 Å². The van der Waals surface area contributed by atoms with Gasteiger partial charge in [-0.15, -0.1) is 0 Å². The number of fused-ring (bicyclic) bond motifs is 6. The molecule has 38 heavy (non-hydrogen) atoms. The Morgan fingerprint density at radius 2 is 1.03 bits per heavy atom. The van der Waals surface area contributed by atoms with Crippen LogP contribution in [0.25, 0.3) is 66.0 Å². The molecular formula is C32H20N2O4. The van der Waals surface area contributed by atoms with Gasteiger partial charge in [-0.25, -0.2) is 14.6 Å². The zero-order valence-electron chi connectivity index (χ0n) is 20.6. The Morgan fingerprint density at radius 1 is 0.579 bits per heavy atom. The summed E-state index contributed by atoms with van der Waals surface area (Å²) < 4.78 is 11.5. The molecule has 6 nitrogen and oxygen atoms in total. The van der Waals surface area contributed by atoms with Gasteiger partial charge >= 0.3 is 11.3 Å². The molecule has 0 saturated heterocycles. The first-order valence-corrected chi connectivity index (χ1v) is 12.2. The van der Waals surface area contributed by atoms with Gasteiger partial charge in [0.15, 0.2) is 0 Å². The summed E-state index contributed by atoms with van der Waals surface area (Å²) in [6, 6.07) is 23.4. The predicted molar refractivity (Wildman–Crippen MR) is 149 cm³/mol. The van der Waals surface area contributed by atoms with Gasteiger partial charge in [-0.3, -0.25) is 4.98 Å². The van der Waals surface area contributed by atoms with E-state index in [4.69, 9.17) is 13.8 Å². The lowest BCUT2D eigenvalue weighted by Gasteiger charge is -2.12. The number of nitrogens with zero attached hydrogens (tertiary/aromatic N) is 2. The highest BCUT2D eigenvalue weighted by atomic mass is 16.4. The standard InChI is InChI=1S/C32H20N2O4/c1-17-27-21-9-5-3-7-19(21)11-13-25(27)37-31(35)29(17)23-15-33-16-24(34-23)30-18(2)28-22-10-6-4-8-20(22)12-14-26(28)38-32(30)36/h3-16H,1-2H3. The van der Waals surface area contributed by atoms with Crippen molar-refractivity contribution in [2.45, 2.75) is 13.8 Å². The van der Waals surface area contributed by atoms with Crippen molar-refractivity contribution in [2.75, 3.05) is 0 Å². The third-order valence-corrected chi connectivity index (χ3v) is 7.24. The third-order valence-electron chi connectivity index (χ3n) is 7.24. The highest BCUT2D eigenvalue weighted by Gasteiger charge is 2.20. The normalized spacial score (nSPS) is 11.6. The summed E-state index contributed by atoms with van der Waals surface area (Å²) >= 11 is 0. The number of aryl methyl sites for hydroxylation is 2. The van der Waals surface area contributed by atoms with Crippen molar-refractivity contribution in [2.24, 2.45) is 0 Å². The second-order valence-corrected chi connectivity index (χ2v) is 9.39. The topological polar surface area (TPSA) is 86.2 Å². The first-order chi connectivity index (χ1) is 18.5. The summed E-state index contributed by atoms with van der Waals surface area (Å²) in [5, 5.41) is 5.73. The minimum absolute atomic E-state index is 0.316. The number of hydrogen-bond donors (Lipinski definition) is 0. The van der Waals surface area contributed by atoms with E-state index in [1.807, 2.05) is 86.6 Å². The highest BCUT2D eigenvalue weighted by molar-refractivity contribution is 6.09. The van der Waals surface area contributed by atoms with Crippen LogP contribution in [0, 0.1) is 13.8 Å². The van der Waals surface area contributed by atoms with Crippen molar-refractivity contribution in [3.63, 3.8) is 0 Å². The maximum atomic E-state index is 13.2. The Bertz CT molecular complexity index is 2060. The predicted octanol–water partition coefficient (Wildman–Crippen LogP) is 6.95. The first-order valence-electron chi connectivity index (χ1n) is 12.2. The molecule has 3 aromatic heterocycles. The number of benzene rings is 4. The molecule has 7 aromatic rings. The maximum Gasteiger partial charge on any atom is 0.346 e. The van der Waals surface area contributed by atoms with E-state index in [1.54, 1.807) is 0 Å². The molecule has 0 bridgehead atoms. The average Bonchev–Trinajstić information content (AvgIpc) is 2.92. The molecule has 182 valence electrons. The molecule has 0 saturated carbocycles. The fourth-order valence-corrected chi connectivity index (χ4v) is 5.51. The third kappa shape index (κ3) is 3.20. The Hall–Kier alpha value is -5.10. The Balaban J connectivity index is 1.50. The molecule has 0 N–H and O–H groups in total. The molecule has 0 aliphatic carbocycles. The van der Waals surface area contributed by atoms with Crippen LogP contribution in [0.4, 0.5) is 0 Å². The van der Waals surface area contributed by atoms with Gasteiger partial charge in [-0.1, -0.05) is 60.7 Å². The van der Waals surface area contributed by atoms with Gasteiger partial charge in [0.25, 0.3) is 0 Å². The van der Waals surface area contributed by atoms with Crippen molar-refractivity contribution < 1.29 is 8.83 Å². The van der Waals surface area contributed by atoms with E-state index < -0.39 is 11.3 Å². The fourth-order valence-electron chi connectivity index (χ4n) is 5.51. The van der Waals surface area contributed by atoms with Gasteiger partial charge in [0.05, 0.1) is 34.9 Å². The molecule has 0 aliphatic rings. The minimum Gasteiger partial charge on any atom is -0.422 e. The van der Waals surface area contributed by atoms with Gasteiger partial charge in [0.1, 0.15) is 11.2 Å². The smallest absolute Gasteiger partial charge is 0.346 e. The monoisotopic (exact) mass is 496 g/mol. The van der Waals surface area contributed by atoms with Crippen molar-refractivity contribution >= 4 is 43.5 Å². The number of rotatable bonds is 2. The minimum atomic E-state index is -0.509. The lowest BCUT2D eigenvalue weighted by atomic mass is 9.97. The van der Waals surface area contributed by atoms with E-state index in [0.29, 0.717) is 33.7 Å². The molecule has 0 amide bonds. The summed E-state index contributed by atoms with van der Waals surface area (Å²) in [7, 11) is 0. The Labute approximate surface area is 215 Å². The fraction of sp³-hybridized carbons (Fsp3) is 0.0625. The maximum absolute atomic E-state index is 13.2. The first kappa shape index (κ1) is 22.1. The van der Waals surface area contributed by atoms with Crippen molar-refractivity contribution in [3.05, 3.63) is 117 Å². The van der Waals surface area contributed by atoms with Gasteiger partial charge in [-0.2, -0.15) is 0 Å². The van der Waals surface area contributed by atoms with Crippen molar-refractivity contribution in [3.8, 4) is 22.5 Å². The van der Waals surface area contributed by atoms with E-state index in [0.717, 1.165) is 43.4 Å². The van der Waals surface area contributed by atoms with E-state index in [9.17, 15) is 9.59 Å². The Morgan fingerprint density at radius 3 is 1.50 bits per heavy atom. The molecule has 0 unspecified atom stereocenters. The van der Waals surface area contributed by atoms with Crippen molar-refractivity contribution in [1.29, 1.82) is 0 Å². The lowest BCUT2D eigenvalue weighted by molar-refractivity contribution is 0.562. The summed E-state index contributed by atoms with van der Waals surface area (Å²) in [4.78, 5) is 35.5. The van der Waals surface area contributed by atoms with Crippen LogP contribution in [0.3, 0.4) is 0 Å². The zero-order valence-corrected chi connectivity index (χ0v) is 20.6. The van der Waals surface area contributed by atoms with Crippen LogP contribution in [0.2, 0.25) is 0 Å². The van der Waals surface area contributed by atoms with Crippen LogP contribution < -0.4 is 11.3 Å². The van der Waals surface area contributed by atoms with E-state index in [2.05, 4.69) is 4.98 Å². The molecule has 4 aromatic carbocycles. The molecule has 0 spiro atoms. The highest BCUT2D eigenvalue weighted by Crippen LogP contribution is 2.34. The molecule has 3 heterocycles. The average molecular weight is 497 g/mol. The van der Waals surface area contributed by atoms with Gasteiger partial charge in [0, 0.05) is 10.8 Å². The summed E-state index contributed by atoms with van der Waals surface area (Å²) in [5.74, 6) is 0. The van der Waals surface area contributed by atoms with Gasteiger partial charge < -0.3 is 8.83 Å². The largest absolute Gasteiger partial charge is 0.422 e. The number of hydrogen-bond acceptors (Lipinski definition) is 6. The molecule has 7 rings (SSSR count). The van der Waals surface area contributed by atoms with Gasteiger partial charge in [0.2, 0.25) is 0 Å². The summed E-state index contributed by atoms with van der Waals surface area (Å²) in [6.07, 6.45) is 3.04. The summed E-state index contributed by atoms with van der Waals surface area (Å²) in [5.41, 5.74) is 2.79. The van der Waals surface area contributed by atoms with Crippen LogP contribution in [0.15, 0.2) is 104 Å². The molecular weight excluding hydrogens is 476 g/mol. The van der Waals surface area contributed by atoms with E-state index in [-0.39, 0.29) is 0 Å². The Kier molecular flexibility index (Phi) is 4.78. The molecule has 6 heteroatoms. The SMILES string of the molecule is Cc1c(-c2cncc(-c3c(C)c4c(ccc5ccccc54)oc3=O)n2)c(=O)oc2ccc3ccccc3c12. The molecule has 0 fully saturated rings. The van der Waals surface area contributed by atoms with E-state index >= 15 is 0 Å². The molecule has 0 aliphatic heterocycles. The molecule has 0 radical (unpaired) electrons. The van der Waals surface area contributed by atoms with Crippen LogP contribution >= 0.6 is 0 Å². The van der Waals surface area contributed by atoms with Crippen LogP contribution in [-0.4, -0.2) is 9.97 Å². The second-order valence-electron chi connectivity index (χ2n) is 9.39. The van der Waals surface area contributed by atoms with Crippen molar-refractivity contribution in [1.82, 2.24) is 9.97 Å². The van der Waals surface area contributed by atoms with Crippen LogP contribution in [0.5, 0.6) is 0 Å². The van der Waals surface area contributed by atoms with Crippen LogP contribution in [0.1, 0.15) is 11.1 Å². The van der Waals surface area contributed by atoms with Crippen LogP contribution in [-0.2, 0) is 0 Å². The summed E-state index contributed by atoms with van der Waals surface area (Å²) in [6.45, 7) is 3.77. The quantitative estimate of drug-likeness (QED) is 0.190. The zero-order chi connectivity index (χ0) is 26.0. The number of aromatic nitrogens is 2.